The van der Waals surface area contributed by atoms with Gasteiger partial charge >= 0.3 is 0 Å². The Kier molecular flexibility index (Phi) is 3.96. The van der Waals surface area contributed by atoms with E-state index in [1.54, 1.807) is 17.2 Å². The quantitative estimate of drug-likeness (QED) is 0.781. The zero-order valence-corrected chi connectivity index (χ0v) is 13.4. The van der Waals surface area contributed by atoms with Gasteiger partial charge in [0.05, 0.1) is 0 Å². The Hall–Kier alpha value is -1.28. The van der Waals surface area contributed by atoms with Gasteiger partial charge in [-0.25, -0.2) is 0 Å². The van der Waals surface area contributed by atoms with Crippen LogP contribution >= 0.6 is 0 Å². The fourth-order valence-corrected chi connectivity index (χ4v) is 4.52. The lowest BCUT2D eigenvalue weighted by atomic mass is 9.74. The molecular formula is C20H27NO. The van der Waals surface area contributed by atoms with Crippen molar-refractivity contribution in [2.24, 2.45) is 5.92 Å². The number of hydrogen-bond acceptors (Lipinski definition) is 2. The van der Waals surface area contributed by atoms with E-state index >= 15 is 0 Å². The first-order valence-electron chi connectivity index (χ1n) is 9.05. The van der Waals surface area contributed by atoms with E-state index in [-0.39, 0.29) is 0 Å². The standard InChI is InChI=1S/C20H27NO/c22-17-9-4-8-16(12-17)19-13-15-7-1-2-10-18(15)20(21-19)11-14-5-3-6-14/h4,8-9,12,14,19-22H,1-3,5-7,10-11,13H2/t19-,20?/m0/s1. The Bertz CT molecular complexity index is 573. The molecule has 4 rings (SSSR count). The third kappa shape index (κ3) is 2.81. The topological polar surface area (TPSA) is 32.3 Å². The molecule has 2 N–H and O–H groups in total. The summed E-state index contributed by atoms with van der Waals surface area (Å²) in [7, 11) is 0. The zero-order valence-electron chi connectivity index (χ0n) is 13.4. The number of phenolic OH excluding ortho intramolecular Hbond substituents is 1. The molecule has 1 heterocycles. The van der Waals surface area contributed by atoms with E-state index in [4.69, 9.17) is 0 Å². The molecule has 1 aromatic carbocycles. The molecule has 1 fully saturated rings. The van der Waals surface area contributed by atoms with Gasteiger partial charge in [0.15, 0.2) is 0 Å². The van der Waals surface area contributed by atoms with Crippen LogP contribution in [0.15, 0.2) is 35.4 Å². The van der Waals surface area contributed by atoms with Gasteiger partial charge in [0.25, 0.3) is 0 Å². The molecule has 0 radical (unpaired) electrons. The van der Waals surface area contributed by atoms with Gasteiger partial charge in [0.2, 0.25) is 0 Å². The van der Waals surface area contributed by atoms with Crippen LogP contribution in [0.1, 0.15) is 69.4 Å². The maximum Gasteiger partial charge on any atom is 0.115 e. The van der Waals surface area contributed by atoms with Crippen LogP contribution in [0.5, 0.6) is 5.75 Å². The summed E-state index contributed by atoms with van der Waals surface area (Å²) in [6.45, 7) is 0. The Morgan fingerprint density at radius 3 is 2.73 bits per heavy atom. The highest BCUT2D eigenvalue weighted by molar-refractivity contribution is 5.34. The first kappa shape index (κ1) is 14.3. The molecule has 2 nitrogen and oxygen atoms in total. The van der Waals surface area contributed by atoms with Crippen LogP contribution in [0.3, 0.4) is 0 Å². The van der Waals surface area contributed by atoms with Gasteiger partial charge in [-0.05, 0) is 62.1 Å². The average molecular weight is 297 g/mol. The van der Waals surface area contributed by atoms with E-state index in [1.807, 2.05) is 12.1 Å². The highest BCUT2D eigenvalue weighted by atomic mass is 16.3. The minimum atomic E-state index is 0.383. The van der Waals surface area contributed by atoms with Crippen molar-refractivity contribution in [1.29, 1.82) is 0 Å². The van der Waals surface area contributed by atoms with Crippen LogP contribution in [0.25, 0.3) is 0 Å². The first-order valence-corrected chi connectivity index (χ1v) is 9.05. The van der Waals surface area contributed by atoms with Crippen molar-refractivity contribution >= 4 is 0 Å². The number of hydrogen-bond donors (Lipinski definition) is 2. The van der Waals surface area contributed by atoms with Gasteiger partial charge < -0.3 is 10.4 Å². The third-order valence-corrected chi connectivity index (χ3v) is 5.97. The van der Waals surface area contributed by atoms with E-state index in [0.717, 1.165) is 12.3 Å². The van der Waals surface area contributed by atoms with Crippen molar-refractivity contribution in [3.8, 4) is 5.75 Å². The number of nitrogens with one attached hydrogen (secondary N) is 1. The SMILES string of the molecule is Oc1cccc([C@@H]2CC3=C(CCCC3)C(CC3CCC3)N2)c1. The lowest BCUT2D eigenvalue weighted by Gasteiger charge is -2.41. The van der Waals surface area contributed by atoms with Crippen molar-refractivity contribution in [3.63, 3.8) is 0 Å². The van der Waals surface area contributed by atoms with Gasteiger partial charge in [-0.1, -0.05) is 42.5 Å². The molecule has 118 valence electrons. The van der Waals surface area contributed by atoms with E-state index in [9.17, 15) is 5.11 Å². The molecule has 1 aliphatic heterocycles. The zero-order chi connectivity index (χ0) is 14.9. The molecule has 22 heavy (non-hydrogen) atoms. The van der Waals surface area contributed by atoms with Crippen molar-refractivity contribution < 1.29 is 5.11 Å². The minimum absolute atomic E-state index is 0.383. The summed E-state index contributed by atoms with van der Waals surface area (Å²) < 4.78 is 0. The molecule has 2 aliphatic carbocycles. The van der Waals surface area contributed by atoms with Crippen LogP contribution < -0.4 is 5.32 Å². The monoisotopic (exact) mass is 297 g/mol. The number of rotatable bonds is 3. The van der Waals surface area contributed by atoms with Crippen LogP contribution in [-0.2, 0) is 0 Å². The smallest absolute Gasteiger partial charge is 0.115 e. The van der Waals surface area contributed by atoms with Crippen molar-refractivity contribution in [2.75, 3.05) is 0 Å². The summed E-state index contributed by atoms with van der Waals surface area (Å²) in [4.78, 5) is 0. The molecule has 0 aromatic heterocycles. The van der Waals surface area contributed by atoms with Crippen molar-refractivity contribution in [2.45, 2.75) is 69.9 Å². The predicted octanol–water partition coefficient (Wildman–Crippen LogP) is 4.86. The molecule has 0 bridgehead atoms. The molecule has 1 saturated carbocycles. The maximum atomic E-state index is 9.79. The highest BCUT2D eigenvalue weighted by Gasteiger charge is 2.33. The summed E-state index contributed by atoms with van der Waals surface area (Å²) in [6.07, 6.45) is 12.1. The van der Waals surface area contributed by atoms with Gasteiger partial charge in [-0.3, -0.25) is 0 Å². The van der Waals surface area contributed by atoms with Crippen molar-refractivity contribution in [1.82, 2.24) is 5.32 Å². The summed E-state index contributed by atoms with van der Waals surface area (Å²) in [5, 5.41) is 13.7. The van der Waals surface area contributed by atoms with Crippen LogP contribution in [0, 0.1) is 5.92 Å². The predicted molar refractivity (Wildman–Crippen MR) is 89.8 cm³/mol. The second-order valence-corrected chi connectivity index (χ2v) is 7.44. The molecule has 1 aromatic rings. The Morgan fingerprint density at radius 1 is 1.09 bits per heavy atom. The summed E-state index contributed by atoms with van der Waals surface area (Å²) in [6, 6.07) is 8.80. The first-order chi connectivity index (χ1) is 10.8. The molecule has 0 saturated heterocycles. The van der Waals surface area contributed by atoms with Crippen molar-refractivity contribution in [3.05, 3.63) is 41.0 Å². The lowest BCUT2D eigenvalue weighted by Crippen LogP contribution is -2.41. The van der Waals surface area contributed by atoms with E-state index in [0.29, 0.717) is 17.8 Å². The largest absolute Gasteiger partial charge is 0.508 e. The summed E-state index contributed by atoms with van der Waals surface area (Å²) in [5.41, 5.74) is 4.72. The van der Waals surface area contributed by atoms with Gasteiger partial charge in [-0.2, -0.15) is 0 Å². The second-order valence-electron chi connectivity index (χ2n) is 7.44. The van der Waals surface area contributed by atoms with E-state index in [1.165, 1.54) is 56.9 Å². The van der Waals surface area contributed by atoms with Crippen LogP contribution in [-0.4, -0.2) is 11.1 Å². The van der Waals surface area contributed by atoms with Gasteiger partial charge in [0, 0.05) is 12.1 Å². The average Bonchev–Trinajstić information content (AvgIpc) is 2.50. The Labute approximate surface area is 133 Å². The molecule has 1 unspecified atom stereocenters. The second kappa shape index (κ2) is 6.08. The van der Waals surface area contributed by atoms with Crippen LogP contribution in [0.2, 0.25) is 0 Å². The summed E-state index contributed by atoms with van der Waals surface area (Å²) >= 11 is 0. The molecule has 2 heteroatoms. The third-order valence-electron chi connectivity index (χ3n) is 5.97. The molecule has 2 atom stereocenters. The Morgan fingerprint density at radius 2 is 1.95 bits per heavy atom. The molecule has 0 amide bonds. The van der Waals surface area contributed by atoms with Gasteiger partial charge in [-0.15, -0.1) is 0 Å². The van der Waals surface area contributed by atoms with E-state index in [2.05, 4.69) is 11.4 Å². The van der Waals surface area contributed by atoms with Gasteiger partial charge in [0.1, 0.15) is 5.75 Å². The highest BCUT2D eigenvalue weighted by Crippen LogP contribution is 2.42. The number of aromatic hydroxyl groups is 1. The molecule has 0 spiro atoms. The Balaban J connectivity index is 1.59. The fourth-order valence-electron chi connectivity index (χ4n) is 4.52. The number of phenols is 1. The molecule has 3 aliphatic rings. The number of benzene rings is 1. The van der Waals surface area contributed by atoms with E-state index < -0.39 is 0 Å². The minimum Gasteiger partial charge on any atom is -0.508 e. The summed E-state index contributed by atoms with van der Waals surface area (Å²) in [5.74, 6) is 1.33. The fraction of sp³-hybridized carbons (Fsp3) is 0.600. The lowest BCUT2D eigenvalue weighted by molar-refractivity contribution is 0.251. The normalized spacial score (nSPS) is 29.1. The maximum absolute atomic E-state index is 9.79. The van der Waals surface area contributed by atoms with Crippen LogP contribution in [0.4, 0.5) is 0 Å². The molecular weight excluding hydrogens is 270 g/mol.